The van der Waals surface area contributed by atoms with Gasteiger partial charge in [0.15, 0.2) is 0 Å². The molecule has 2 atom stereocenters. The predicted octanol–water partition coefficient (Wildman–Crippen LogP) is 3.29. The molecular weight excluding hydrogens is 372 g/mol. The van der Waals surface area contributed by atoms with E-state index in [1.807, 2.05) is 44.2 Å². The van der Waals surface area contributed by atoms with Gasteiger partial charge >= 0.3 is 12.1 Å². The van der Waals surface area contributed by atoms with Crippen LogP contribution in [0.5, 0.6) is 0 Å². The van der Waals surface area contributed by atoms with Crippen LogP contribution in [0.3, 0.4) is 0 Å². The lowest BCUT2D eigenvalue weighted by atomic mass is 10.0. The van der Waals surface area contributed by atoms with Gasteiger partial charge in [-0.2, -0.15) is 0 Å². The van der Waals surface area contributed by atoms with Crippen molar-refractivity contribution >= 4 is 18.0 Å². The van der Waals surface area contributed by atoms with Crippen molar-refractivity contribution in [3.8, 4) is 0 Å². The molecule has 0 radical (unpaired) electrons. The minimum absolute atomic E-state index is 0.155. The monoisotopic (exact) mass is 404 g/mol. The average Bonchev–Trinajstić information content (AvgIpc) is 2.57. The molecule has 160 valence electrons. The lowest BCUT2D eigenvalue weighted by Gasteiger charge is -2.25. The minimum Gasteiger partial charge on any atom is -0.478 e. The normalized spacial score (nSPS) is 13.7. The Balaban J connectivity index is 2.91. The van der Waals surface area contributed by atoms with Gasteiger partial charge in [0.25, 0.3) is 0 Å². The number of ether oxygens (including phenoxy) is 1. The Morgan fingerprint density at radius 1 is 1.10 bits per heavy atom. The molecule has 1 aromatic rings. The van der Waals surface area contributed by atoms with E-state index in [2.05, 4.69) is 10.6 Å². The van der Waals surface area contributed by atoms with Gasteiger partial charge in [0.2, 0.25) is 5.91 Å². The average molecular weight is 405 g/mol. The van der Waals surface area contributed by atoms with E-state index in [0.29, 0.717) is 12.8 Å². The predicted molar refractivity (Wildman–Crippen MR) is 111 cm³/mol. The number of nitrogens with one attached hydrogen (secondary N) is 2. The van der Waals surface area contributed by atoms with Crippen molar-refractivity contribution in [1.29, 1.82) is 0 Å². The summed E-state index contributed by atoms with van der Waals surface area (Å²) < 4.78 is 5.26. The molecule has 0 bridgehead atoms. The van der Waals surface area contributed by atoms with Crippen LogP contribution in [0.15, 0.2) is 42.5 Å². The van der Waals surface area contributed by atoms with Crippen molar-refractivity contribution < 1.29 is 24.2 Å². The number of carboxylic acid groups (broad SMARTS) is 1. The summed E-state index contributed by atoms with van der Waals surface area (Å²) in [5, 5.41) is 14.4. The van der Waals surface area contributed by atoms with Crippen LogP contribution in [0.25, 0.3) is 0 Å². The summed E-state index contributed by atoms with van der Waals surface area (Å²) in [4.78, 5) is 35.9. The number of alkyl carbamates (subject to hydrolysis) is 1. The van der Waals surface area contributed by atoms with Crippen molar-refractivity contribution in [2.75, 3.05) is 0 Å². The minimum atomic E-state index is -1.09. The first-order valence-corrected chi connectivity index (χ1v) is 9.71. The molecule has 0 saturated carbocycles. The largest absolute Gasteiger partial charge is 0.478 e. The van der Waals surface area contributed by atoms with Crippen LogP contribution in [0.1, 0.15) is 46.6 Å². The number of hydrogen-bond acceptors (Lipinski definition) is 4. The van der Waals surface area contributed by atoms with Crippen molar-refractivity contribution in [2.45, 2.75) is 65.1 Å². The van der Waals surface area contributed by atoms with Crippen LogP contribution in [0.2, 0.25) is 0 Å². The molecule has 2 unspecified atom stereocenters. The Kier molecular flexibility index (Phi) is 9.38. The maximum absolute atomic E-state index is 12.9. The quantitative estimate of drug-likeness (QED) is 0.548. The molecule has 3 N–H and O–H groups in total. The standard InChI is InChI=1S/C22H32N2O5/c1-15(2)13-18(24-21(28)29-22(3,4)5)20(27)23-17(11-12-19(25)26)14-16-9-7-6-8-10-16/h6-12,15,17-18H,13-14H2,1-5H3,(H,23,27)(H,24,28)(H,25,26)/b12-11+. The van der Waals surface area contributed by atoms with Gasteiger partial charge in [-0.05, 0) is 45.1 Å². The van der Waals surface area contributed by atoms with E-state index in [-0.39, 0.29) is 11.8 Å². The summed E-state index contributed by atoms with van der Waals surface area (Å²) in [7, 11) is 0. The van der Waals surface area contributed by atoms with Gasteiger partial charge in [-0.1, -0.05) is 50.3 Å². The molecule has 29 heavy (non-hydrogen) atoms. The van der Waals surface area contributed by atoms with Gasteiger partial charge < -0.3 is 20.5 Å². The van der Waals surface area contributed by atoms with Gasteiger partial charge in [0.05, 0.1) is 6.04 Å². The third-order valence-electron chi connectivity index (χ3n) is 3.81. The first-order valence-electron chi connectivity index (χ1n) is 9.71. The van der Waals surface area contributed by atoms with E-state index < -0.39 is 29.7 Å². The van der Waals surface area contributed by atoms with Crippen LogP contribution in [0.4, 0.5) is 4.79 Å². The molecule has 0 spiro atoms. The molecule has 0 heterocycles. The zero-order chi connectivity index (χ0) is 22.0. The molecule has 0 aromatic heterocycles. The Hall–Kier alpha value is -2.83. The van der Waals surface area contributed by atoms with E-state index in [1.54, 1.807) is 20.8 Å². The van der Waals surface area contributed by atoms with Crippen molar-refractivity contribution in [3.63, 3.8) is 0 Å². The number of benzene rings is 1. The summed E-state index contributed by atoms with van der Waals surface area (Å²) in [5.74, 6) is -1.33. The SMILES string of the molecule is CC(C)CC(NC(=O)OC(C)(C)C)C(=O)NC(/C=C/C(=O)O)Cc1ccccc1. The molecule has 1 rings (SSSR count). The van der Waals surface area contributed by atoms with Crippen LogP contribution in [0, 0.1) is 5.92 Å². The van der Waals surface area contributed by atoms with Gasteiger partial charge in [0, 0.05) is 6.08 Å². The highest BCUT2D eigenvalue weighted by atomic mass is 16.6. The number of hydrogen-bond donors (Lipinski definition) is 3. The van der Waals surface area contributed by atoms with Crippen molar-refractivity contribution in [1.82, 2.24) is 10.6 Å². The maximum atomic E-state index is 12.9. The first-order chi connectivity index (χ1) is 13.5. The first kappa shape index (κ1) is 24.2. The molecule has 0 aliphatic heterocycles. The van der Waals surface area contributed by atoms with Gasteiger partial charge in [-0.15, -0.1) is 0 Å². The fourth-order valence-corrected chi connectivity index (χ4v) is 2.67. The molecule has 2 amide bonds. The van der Waals surface area contributed by atoms with E-state index in [1.165, 1.54) is 6.08 Å². The van der Waals surface area contributed by atoms with Crippen LogP contribution >= 0.6 is 0 Å². The lowest BCUT2D eigenvalue weighted by molar-refractivity contribution is -0.131. The van der Waals surface area contributed by atoms with Crippen molar-refractivity contribution in [3.05, 3.63) is 48.0 Å². The second-order valence-electron chi connectivity index (χ2n) is 8.33. The number of carbonyl (C=O) groups excluding carboxylic acids is 2. The smallest absolute Gasteiger partial charge is 0.408 e. The molecule has 7 nitrogen and oxygen atoms in total. The van der Waals surface area contributed by atoms with E-state index in [4.69, 9.17) is 9.84 Å². The molecule has 1 aromatic carbocycles. The van der Waals surface area contributed by atoms with Crippen LogP contribution in [-0.2, 0) is 20.7 Å². The molecule has 7 heteroatoms. The maximum Gasteiger partial charge on any atom is 0.408 e. The van der Waals surface area contributed by atoms with Crippen LogP contribution in [-0.4, -0.2) is 40.8 Å². The second-order valence-corrected chi connectivity index (χ2v) is 8.33. The number of amides is 2. The highest BCUT2D eigenvalue weighted by molar-refractivity contribution is 5.86. The summed E-state index contributed by atoms with van der Waals surface area (Å²) >= 11 is 0. The lowest BCUT2D eigenvalue weighted by Crippen LogP contribution is -2.51. The molecular formula is C22H32N2O5. The fraction of sp³-hybridized carbons (Fsp3) is 0.500. The molecule has 0 fully saturated rings. The van der Waals surface area contributed by atoms with E-state index in [9.17, 15) is 14.4 Å². The molecule has 0 aliphatic carbocycles. The number of carbonyl (C=O) groups is 3. The Bertz CT molecular complexity index is 708. The number of aliphatic carboxylic acids is 1. The summed E-state index contributed by atoms with van der Waals surface area (Å²) in [5.41, 5.74) is 0.275. The number of carboxylic acids is 1. The Labute approximate surface area is 172 Å². The van der Waals surface area contributed by atoms with Gasteiger partial charge in [-0.25, -0.2) is 9.59 Å². The zero-order valence-electron chi connectivity index (χ0n) is 17.8. The van der Waals surface area contributed by atoms with Gasteiger partial charge in [-0.3, -0.25) is 4.79 Å². The summed E-state index contributed by atoms with van der Waals surface area (Å²) in [6.07, 6.45) is 2.63. The fourth-order valence-electron chi connectivity index (χ4n) is 2.67. The van der Waals surface area contributed by atoms with E-state index in [0.717, 1.165) is 11.6 Å². The highest BCUT2D eigenvalue weighted by Gasteiger charge is 2.26. The third-order valence-corrected chi connectivity index (χ3v) is 3.81. The van der Waals surface area contributed by atoms with E-state index >= 15 is 0 Å². The summed E-state index contributed by atoms with van der Waals surface area (Å²) in [6.45, 7) is 9.13. The Morgan fingerprint density at radius 3 is 2.24 bits per heavy atom. The highest BCUT2D eigenvalue weighted by Crippen LogP contribution is 2.11. The summed E-state index contributed by atoms with van der Waals surface area (Å²) in [6, 6.07) is 8.11. The third kappa shape index (κ3) is 10.9. The van der Waals surface area contributed by atoms with Gasteiger partial charge in [0.1, 0.15) is 11.6 Å². The second kappa shape index (κ2) is 11.2. The van der Waals surface area contributed by atoms with Crippen molar-refractivity contribution in [2.24, 2.45) is 5.92 Å². The number of rotatable bonds is 9. The molecule has 0 aliphatic rings. The molecule has 0 saturated heterocycles. The Morgan fingerprint density at radius 2 is 1.72 bits per heavy atom. The zero-order valence-corrected chi connectivity index (χ0v) is 17.8. The van der Waals surface area contributed by atoms with Crippen LogP contribution < -0.4 is 10.6 Å². The topological polar surface area (TPSA) is 105 Å².